The molecule has 0 atom stereocenters. The number of hydrogen-bond acceptors (Lipinski definition) is 3. The lowest BCUT2D eigenvalue weighted by molar-refractivity contribution is 0.0996. The van der Waals surface area contributed by atoms with E-state index in [4.69, 9.17) is 23.2 Å². The molecular weight excluding hydrogens is 265 g/mol. The molecule has 16 heavy (non-hydrogen) atoms. The van der Waals surface area contributed by atoms with E-state index in [1.165, 1.54) is 11.3 Å². The van der Waals surface area contributed by atoms with Crippen LogP contribution in [0.3, 0.4) is 0 Å². The maximum atomic E-state index is 11.8. The van der Waals surface area contributed by atoms with Gasteiger partial charge in [-0.1, -0.05) is 29.3 Å². The van der Waals surface area contributed by atoms with Gasteiger partial charge >= 0.3 is 0 Å². The third kappa shape index (κ3) is 2.61. The van der Waals surface area contributed by atoms with Crippen molar-refractivity contribution in [3.05, 3.63) is 50.4 Å². The Morgan fingerprint density at radius 1 is 1.31 bits per heavy atom. The fraction of sp³-hybridized carbons (Fsp3) is 0.0909. The third-order valence-corrected chi connectivity index (χ3v) is 3.61. The number of ketones is 1. The summed E-state index contributed by atoms with van der Waals surface area (Å²) in [5.74, 6) is 0.0425. The summed E-state index contributed by atoms with van der Waals surface area (Å²) in [6.45, 7) is 0. The van der Waals surface area contributed by atoms with Crippen LogP contribution in [0.4, 0.5) is 0 Å². The van der Waals surface area contributed by atoms with Crippen LogP contribution in [0.25, 0.3) is 0 Å². The largest absolute Gasteiger partial charge is 0.293 e. The number of Topliss-reactive ketones (excluding diaryl/α,β-unsaturated/α-hetero) is 1. The van der Waals surface area contributed by atoms with Gasteiger partial charge in [-0.05, 0) is 17.7 Å². The molecule has 1 heterocycles. The molecule has 82 valence electrons. The number of halogens is 2. The van der Waals surface area contributed by atoms with Crippen molar-refractivity contribution in [3.63, 3.8) is 0 Å². The van der Waals surface area contributed by atoms with Gasteiger partial charge in [-0.15, -0.1) is 11.3 Å². The van der Waals surface area contributed by atoms with Crippen molar-refractivity contribution in [1.82, 2.24) is 4.98 Å². The van der Waals surface area contributed by atoms with Gasteiger partial charge in [0.2, 0.25) is 0 Å². The molecular formula is C11H7Cl2NOS. The first-order valence-corrected chi connectivity index (χ1v) is 6.16. The molecule has 0 N–H and O–H groups in total. The second-order valence-corrected chi connectivity index (χ2v) is 4.91. The van der Waals surface area contributed by atoms with E-state index in [9.17, 15) is 4.79 Å². The molecule has 2 rings (SSSR count). The summed E-state index contributed by atoms with van der Waals surface area (Å²) < 4.78 is 0. The Bertz CT molecular complexity index is 511. The van der Waals surface area contributed by atoms with E-state index in [-0.39, 0.29) is 5.78 Å². The first-order valence-electron chi connectivity index (χ1n) is 4.52. The van der Waals surface area contributed by atoms with Gasteiger partial charge in [0.1, 0.15) is 0 Å². The number of thiazole rings is 1. The average Bonchev–Trinajstić information content (AvgIpc) is 2.77. The van der Waals surface area contributed by atoms with E-state index < -0.39 is 0 Å². The molecule has 0 aliphatic rings. The number of hydrogen-bond donors (Lipinski definition) is 0. The fourth-order valence-electron chi connectivity index (χ4n) is 1.28. The second-order valence-electron chi connectivity index (χ2n) is 3.21. The first-order chi connectivity index (χ1) is 7.66. The molecule has 2 nitrogen and oxygen atoms in total. The molecule has 0 fully saturated rings. The summed E-state index contributed by atoms with van der Waals surface area (Å²) >= 11 is 13.0. The van der Waals surface area contributed by atoms with Crippen LogP contribution >= 0.6 is 34.5 Å². The summed E-state index contributed by atoms with van der Waals surface area (Å²) in [5, 5.41) is 0.965. The van der Waals surface area contributed by atoms with E-state index in [1.807, 2.05) is 0 Å². The highest BCUT2D eigenvalue weighted by atomic mass is 35.5. The molecule has 0 amide bonds. The predicted octanol–water partition coefficient (Wildman–Crippen LogP) is 3.88. The van der Waals surface area contributed by atoms with Crippen molar-refractivity contribution in [3.8, 4) is 0 Å². The number of carbonyl (C=O) groups excluding carboxylic acids is 1. The van der Waals surface area contributed by atoms with Crippen LogP contribution in [0, 0.1) is 0 Å². The number of nitrogens with zero attached hydrogens (tertiary/aromatic N) is 1. The van der Waals surface area contributed by atoms with Crippen LogP contribution in [0.1, 0.15) is 15.2 Å². The third-order valence-electron chi connectivity index (χ3n) is 2.06. The quantitative estimate of drug-likeness (QED) is 0.794. The highest BCUT2D eigenvalue weighted by Gasteiger charge is 2.09. The maximum absolute atomic E-state index is 11.8. The van der Waals surface area contributed by atoms with Crippen molar-refractivity contribution in [1.29, 1.82) is 0 Å². The summed E-state index contributed by atoms with van der Waals surface area (Å²) in [6.07, 6.45) is 1.89. The molecule has 1 aromatic carbocycles. The van der Waals surface area contributed by atoms with Crippen LogP contribution in [0.5, 0.6) is 0 Å². The predicted molar refractivity (Wildman–Crippen MR) is 66.6 cm³/mol. The Hall–Kier alpha value is -0.900. The van der Waals surface area contributed by atoms with Crippen LogP contribution < -0.4 is 0 Å². The van der Waals surface area contributed by atoms with E-state index in [0.717, 1.165) is 5.56 Å². The van der Waals surface area contributed by atoms with Crippen LogP contribution in [0.15, 0.2) is 29.9 Å². The smallest absolute Gasteiger partial charge is 0.178 e. The lowest BCUT2D eigenvalue weighted by atomic mass is 10.1. The second kappa shape index (κ2) is 4.95. The molecule has 0 aliphatic heterocycles. The zero-order valence-corrected chi connectivity index (χ0v) is 10.4. The van der Waals surface area contributed by atoms with Gasteiger partial charge in [0, 0.05) is 12.6 Å². The Morgan fingerprint density at radius 2 is 2.12 bits per heavy atom. The molecule has 0 unspecified atom stereocenters. The minimum atomic E-state index is 0.0425. The first kappa shape index (κ1) is 11.6. The van der Waals surface area contributed by atoms with Crippen molar-refractivity contribution in [2.24, 2.45) is 0 Å². The molecule has 2 aromatic rings. The molecule has 0 aliphatic carbocycles. The zero-order chi connectivity index (χ0) is 11.5. The average molecular weight is 272 g/mol. The summed E-state index contributed by atoms with van der Waals surface area (Å²) in [5.41, 5.74) is 2.50. The highest BCUT2D eigenvalue weighted by molar-refractivity contribution is 7.11. The summed E-state index contributed by atoms with van der Waals surface area (Å²) in [7, 11) is 0. The van der Waals surface area contributed by atoms with E-state index in [1.54, 1.807) is 29.9 Å². The molecule has 0 saturated heterocycles. The number of aromatic nitrogens is 1. The SMILES string of the molecule is O=C(Cc1ccc(Cl)c(Cl)c1)c1cncs1. The van der Waals surface area contributed by atoms with Crippen LogP contribution in [-0.4, -0.2) is 10.8 Å². The standard InChI is InChI=1S/C11H7Cl2NOS/c12-8-2-1-7(3-9(8)13)4-10(15)11-5-14-6-16-11/h1-3,5-6H,4H2. The Kier molecular flexibility index (Phi) is 3.59. The highest BCUT2D eigenvalue weighted by Crippen LogP contribution is 2.23. The van der Waals surface area contributed by atoms with Crippen molar-refractivity contribution in [2.75, 3.05) is 0 Å². The minimum Gasteiger partial charge on any atom is -0.293 e. The molecule has 1 aromatic heterocycles. The molecule has 5 heteroatoms. The zero-order valence-electron chi connectivity index (χ0n) is 8.11. The molecule has 0 saturated carbocycles. The van der Waals surface area contributed by atoms with Gasteiger partial charge in [0.25, 0.3) is 0 Å². The molecule has 0 bridgehead atoms. The van der Waals surface area contributed by atoms with Crippen LogP contribution in [-0.2, 0) is 6.42 Å². The van der Waals surface area contributed by atoms with Gasteiger partial charge in [-0.25, -0.2) is 0 Å². The van der Waals surface area contributed by atoms with Crippen molar-refractivity contribution < 1.29 is 4.79 Å². The van der Waals surface area contributed by atoms with E-state index in [0.29, 0.717) is 21.3 Å². The minimum absolute atomic E-state index is 0.0425. The number of benzene rings is 1. The van der Waals surface area contributed by atoms with Crippen molar-refractivity contribution in [2.45, 2.75) is 6.42 Å². The Balaban J connectivity index is 2.15. The molecule has 0 radical (unpaired) electrons. The normalized spacial score (nSPS) is 10.4. The summed E-state index contributed by atoms with van der Waals surface area (Å²) in [6, 6.07) is 5.20. The summed E-state index contributed by atoms with van der Waals surface area (Å²) in [4.78, 5) is 16.3. The number of rotatable bonds is 3. The van der Waals surface area contributed by atoms with Crippen LogP contribution in [0.2, 0.25) is 10.0 Å². The van der Waals surface area contributed by atoms with Gasteiger partial charge in [0.15, 0.2) is 5.78 Å². The Labute approximate surface area is 107 Å². The number of carbonyl (C=O) groups is 1. The van der Waals surface area contributed by atoms with E-state index in [2.05, 4.69) is 4.98 Å². The van der Waals surface area contributed by atoms with E-state index >= 15 is 0 Å². The molecule has 0 spiro atoms. The fourth-order valence-corrected chi connectivity index (χ4v) is 2.16. The van der Waals surface area contributed by atoms with Gasteiger partial charge in [-0.2, -0.15) is 0 Å². The maximum Gasteiger partial charge on any atom is 0.178 e. The van der Waals surface area contributed by atoms with Crippen molar-refractivity contribution >= 4 is 40.3 Å². The topological polar surface area (TPSA) is 30.0 Å². The van der Waals surface area contributed by atoms with Gasteiger partial charge < -0.3 is 0 Å². The Morgan fingerprint density at radius 3 is 2.75 bits per heavy atom. The lowest BCUT2D eigenvalue weighted by Crippen LogP contribution is -2.01. The van der Waals surface area contributed by atoms with Gasteiger partial charge in [-0.3, -0.25) is 9.78 Å². The van der Waals surface area contributed by atoms with Gasteiger partial charge in [0.05, 0.1) is 20.4 Å². The monoisotopic (exact) mass is 271 g/mol. The lowest BCUT2D eigenvalue weighted by Gasteiger charge is -2.01.